The van der Waals surface area contributed by atoms with E-state index in [0.29, 0.717) is 5.02 Å². The van der Waals surface area contributed by atoms with Crippen LogP contribution in [0, 0.1) is 0 Å². The predicted octanol–water partition coefficient (Wildman–Crippen LogP) is 2.09. The smallest absolute Gasteiger partial charge is 0.239 e. The van der Waals surface area contributed by atoms with Crippen LogP contribution in [0.1, 0.15) is 20.8 Å². The van der Waals surface area contributed by atoms with Crippen LogP contribution in [0.5, 0.6) is 0 Å². The molecule has 0 saturated carbocycles. The van der Waals surface area contributed by atoms with Gasteiger partial charge in [-0.3, -0.25) is 4.79 Å². The van der Waals surface area contributed by atoms with Crippen molar-refractivity contribution in [2.45, 2.75) is 26.3 Å². The Morgan fingerprint density at radius 3 is 2.59 bits per heavy atom. The van der Waals surface area contributed by atoms with E-state index in [1.807, 2.05) is 27.8 Å². The van der Waals surface area contributed by atoms with Crippen molar-refractivity contribution >= 4 is 23.3 Å². The van der Waals surface area contributed by atoms with E-state index in [1.54, 1.807) is 23.2 Å². The van der Waals surface area contributed by atoms with Gasteiger partial charge >= 0.3 is 0 Å². The molecule has 1 rings (SSSR count). The first kappa shape index (κ1) is 13.8. The number of amides is 1. The molecular weight excluding hydrogens is 238 g/mol. The molecule has 0 atom stereocenters. The molecule has 5 heteroatoms. The van der Waals surface area contributed by atoms with Gasteiger partial charge in [-0.15, -0.1) is 0 Å². The number of hydrogen-bond acceptors (Lipinski definition) is 3. The SMILES string of the molecule is CN(CC(=O)NC(C)(C)C)c1ccc(Cl)cn1. The topological polar surface area (TPSA) is 45.2 Å². The van der Waals surface area contributed by atoms with Crippen LogP contribution in [0.3, 0.4) is 0 Å². The summed E-state index contributed by atoms with van der Waals surface area (Å²) < 4.78 is 0. The summed E-state index contributed by atoms with van der Waals surface area (Å²) in [6.07, 6.45) is 1.56. The Kier molecular flexibility index (Phi) is 4.34. The van der Waals surface area contributed by atoms with Gasteiger partial charge in [0.15, 0.2) is 0 Å². The fourth-order valence-electron chi connectivity index (χ4n) is 1.35. The molecule has 0 bridgehead atoms. The second-order valence-electron chi connectivity index (χ2n) is 4.99. The van der Waals surface area contributed by atoms with E-state index in [0.717, 1.165) is 5.82 Å². The van der Waals surface area contributed by atoms with Gasteiger partial charge in [0, 0.05) is 18.8 Å². The molecule has 0 fully saturated rings. The monoisotopic (exact) mass is 255 g/mol. The average Bonchev–Trinajstić information content (AvgIpc) is 2.15. The second-order valence-corrected chi connectivity index (χ2v) is 5.43. The third kappa shape index (κ3) is 5.04. The minimum absolute atomic E-state index is 0.0308. The van der Waals surface area contributed by atoms with Crippen LogP contribution in [0.2, 0.25) is 5.02 Å². The maximum Gasteiger partial charge on any atom is 0.239 e. The van der Waals surface area contributed by atoms with Crippen molar-refractivity contribution in [1.29, 1.82) is 0 Å². The summed E-state index contributed by atoms with van der Waals surface area (Å²) in [4.78, 5) is 17.6. The van der Waals surface area contributed by atoms with E-state index >= 15 is 0 Å². The highest BCUT2D eigenvalue weighted by Gasteiger charge is 2.15. The van der Waals surface area contributed by atoms with E-state index in [-0.39, 0.29) is 18.0 Å². The Bertz CT molecular complexity index is 384. The number of pyridine rings is 1. The number of aromatic nitrogens is 1. The lowest BCUT2D eigenvalue weighted by Gasteiger charge is -2.23. The van der Waals surface area contributed by atoms with Gasteiger partial charge in [0.2, 0.25) is 5.91 Å². The molecule has 1 heterocycles. The van der Waals surface area contributed by atoms with E-state index < -0.39 is 0 Å². The fraction of sp³-hybridized carbons (Fsp3) is 0.500. The maximum absolute atomic E-state index is 11.7. The average molecular weight is 256 g/mol. The summed E-state index contributed by atoms with van der Waals surface area (Å²) >= 11 is 5.75. The number of nitrogens with zero attached hydrogens (tertiary/aromatic N) is 2. The van der Waals surface area contributed by atoms with Crippen LogP contribution in [0.15, 0.2) is 18.3 Å². The molecule has 0 spiro atoms. The highest BCUT2D eigenvalue weighted by atomic mass is 35.5. The lowest BCUT2D eigenvalue weighted by atomic mass is 10.1. The molecule has 1 aromatic heterocycles. The van der Waals surface area contributed by atoms with Crippen molar-refractivity contribution in [2.75, 3.05) is 18.5 Å². The first-order valence-electron chi connectivity index (χ1n) is 5.41. The molecule has 0 aliphatic heterocycles. The summed E-state index contributed by atoms with van der Waals surface area (Å²) in [7, 11) is 1.82. The fourth-order valence-corrected chi connectivity index (χ4v) is 1.46. The molecule has 1 amide bonds. The molecule has 0 aromatic carbocycles. The highest BCUT2D eigenvalue weighted by molar-refractivity contribution is 6.30. The van der Waals surface area contributed by atoms with Gasteiger partial charge in [0.25, 0.3) is 0 Å². The normalized spacial score (nSPS) is 11.1. The van der Waals surface area contributed by atoms with Crippen LogP contribution < -0.4 is 10.2 Å². The Hall–Kier alpha value is -1.29. The van der Waals surface area contributed by atoms with Crippen molar-refractivity contribution in [3.05, 3.63) is 23.4 Å². The molecule has 1 N–H and O–H groups in total. The van der Waals surface area contributed by atoms with Crippen LogP contribution in [0.4, 0.5) is 5.82 Å². The highest BCUT2D eigenvalue weighted by Crippen LogP contribution is 2.12. The predicted molar refractivity (Wildman–Crippen MR) is 70.4 cm³/mol. The summed E-state index contributed by atoms with van der Waals surface area (Å²) in [5, 5.41) is 3.48. The van der Waals surface area contributed by atoms with E-state index in [1.165, 1.54) is 0 Å². The number of carbonyl (C=O) groups excluding carboxylic acids is 1. The number of hydrogen-bond donors (Lipinski definition) is 1. The molecule has 0 unspecified atom stereocenters. The van der Waals surface area contributed by atoms with Crippen molar-refractivity contribution < 1.29 is 4.79 Å². The van der Waals surface area contributed by atoms with Gasteiger partial charge in [0.05, 0.1) is 11.6 Å². The number of carbonyl (C=O) groups is 1. The van der Waals surface area contributed by atoms with Crippen LogP contribution >= 0.6 is 11.6 Å². The zero-order chi connectivity index (χ0) is 13.1. The van der Waals surface area contributed by atoms with E-state index in [9.17, 15) is 4.79 Å². The van der Waals surface area contributed by atoms with Gasteiger partial charge < -0.3 is 10.2 Å². The molecule has 0 aliphatic rings. The second kappa shape index (κ2) is 5.36. The van der Waals surface area contributed by atoms with Gasteiger partial charge in [0.1, 0.15) is 5.82 Å². The van der Waals surface area contributed by atoms with Crippen LogP contribution in [0.25, 0.3) is 0 Å². The van der Waals surface area contributed by atoms with Crippen LogP contribution in [-0.4, -0.2) is 30.0 Å². The number of halogens is 1. The number of likely N-dealkylation sites (N-methyl/N-ethyl adjacent to an activating group) is 1. The minimum Gasteiger partial charge on any atom is -0.350 e. The Balaban J connectivity index is 2.57. The van der Waals surface area contributed by atoms with Crippen molar-refractivity contribution in [2.24, 2.45) is 0 Å². The molecule has 17 heavy (non-hydrogen) atoms. The lowest BCUT2D eigenvalue weighted by molar-refractivity contribution is -0.121. The summed E-state index contributed by atoms with van der Waals surface area (Å²) in [6, 6.07) is 3.54. The van der Waals surface area contributed by atoms with Gasteiger partial charge in [-0.2, -0.15) is 0 Å². The van der Waals surface area contributed by atoms with Gasteiger partial charge in [-0.05, 0) is 32.9 Å². The van der Waals surface area contributed by atoms with Gasteiger partial charge in [-0.25, -0.2) is 4.98 Å². The Morgan fingerprint density at radius 2 is 2.12 bits per heavy atom. The Labute approximate surface area is 107 Å². The van der Waals surface area contributed by atoms with Gasteiger partial charge in [-0.1, -0.05) is 11.6 Å². The lowest BCUT2D eigenvalue weighted by Crippen LogP contribution is -2.45. The zero-order valence-electron chi connectivity index (χ0n) is 10.6. The summed E-state index contributed by atoms with van der Waals surface area (Å²) in [6.45, 7) is 6.12. The molecule has 4 nitrogen and oxygen atoms in total. The molecule has 0 saturated heterocycles. The molecule has 0 radical (unpaired) electrons. The molecular formula is C12H18ClN3O. The molecule has 1 aromatic rings. The third-order valence-corrected chi connectivity index (χ3v) is 2.22. The number of anilines is 1. The van der Waals surface area contributed by atoms with Crippen molar-refractivity contribution in [1.82, 2.24) is 10.3 Å². The standard InChI is InChI=1S/C12H18ClN3O/c1-12(2,3)15-11(17)8-16(4)10-6-5-9(13)7-14-10/h5-7H,8H2,1-4H3,(H,15,17). The van der Waals surface area contributed by atoms with Crippen LogP contribution in [-0.2, 0) is 4.79 Å². The first-order chi connectivity index (χ1) is 7.78. The number of rotatable bonds is 3. The number of nitrogens with one attached hydrogen (secondary N) is 1. The third-order valence-electron chi connectivity index (χ3n) is 2.00. The molecule has 94 valence electrons. The largest absolute Gasteiger partial charge is 0.350 e. The first-order valence-corrected chi connectivity index (χ1v) is 5.79. The van der Waals surface area contributed by atoms with Crippen molar-refractivity contribution in [3.8, 4) is 0 Å². The quantitative estimate of drug-likeness (QED) is 0.900. The van der Waals surface area contributed by atoms with Crippen molar-refractivity contribution in [3.63, 3.8) is 0 Å². The molecule has 0 aliphatic carbocycles. The zero-order valence-corrected chi connectivity index (χ0v) is 11.4. The maximum atomic E-state index is 11.7. The van der Waals surface area contributed by atoms with E-state index in [4.69, 9.17) is 11.6 Å². The van der Waals surface area contributed by atoms with E-state index in [2.05, 4.69) is 10.3 Å². The summed E-state index contributed by atoms with van der Waals surface area (Å²) in [5.41, 5.74) is -0.217. The minimum atomic E-state index is -0.217. The summed E-state index contributed by atoms with van der Waals surface area (Å²) in [5.74, 6) is 0.690. The Morgan fingerprint density at radius 1 is 1.47 bits per heavy atom.